The Morgan fingerprint density at radius 2 is 1.82 bits per heavy atom. The molecule has 0 atom stereocenters. The SMILES string of the molecule is Fc1cc(Cl)c2c(c1)CC(F)(F)C2.NS(N)=O. The smallest absolute Gasteiger partial charge is 0.239 e. The van der Waals surface area contributed by atoms with Gasteiger partial charge in [0.05, 0.1) is 0 Å². The minimum Gasteiger partial charge on any atom is -0.239 e. The van der Waals surface area contributed by atoms with Gasteiger partial charge in [-0.05, 0) is 23.3 Å². The molecule has 0 fully saturated rings. The van der Waals surface area contributed by atoms with Crippen molar-refractivity contribution >= 4 is 22.8 Å². The van der Waals surface area contributed by atoms with E-state index in [9.17, 15) is 13.2 Å². The fourth-order valence-corrected chi connectivity index (χ4v) is 1.90. The van der Waals surface area contributed by atoms with Crippen LogP contribution in [0.1, 0.15) is 11.1 Å². The Morgan fingerprint density at radius 1 is 1.29 bits per heavy atom. The van der Waals surface area contributed by atoms with Crippen molar-refractivity contribution in [2.45, 2.75) is 18.8 Å². The van der Waals surface area contributed by atoms with Crippen molar-refractivity contribution in [1.29, 1.82) is 0 Å². The molecule has 2 rings (SSSR count). The molecule has 0 saturated carbocycles. The first-order valence-corrected chi connectivity index (χ1v) is 6.12. The van der Waals surface area contributed by atoms with E-state index in [4.69, 9.17) is 15.8 Å². The average molecular weight is 287 g/mol. The second-order valence-electron chi connectivity index (χ2n) is 3.56. The molecule has 0 amide bonds. The van der Waals surface area contributed by atoms with Gasteiger partial charge in [-0.3, -0.25) is 0 Å². The molecule has 17 heavy (non-hydrogen) atoms. The van der Waals surface area contributed by atoms with Gasteiger partial charge in [0, 0.05) is 17.9 Å². The Morgan fingerprint density at radius 3 is 2.35 bits per heavy atom. The first-order valence-electron chi connectivity index (χ1n) is 4.46. The Bertz CT molecular complexity index is 452. The van der Waals surface area contributed by atoms with Crippen LogP contribution >= 0.6 is 11.6 Å². The highest BCUT2D eigenvalue weighted by molar-refractivity contribution is 7.80. The summed E-state index contributed by atoms with van der Waals surface area (Å²) in [5.41, 5.74) is 0.711. The van der Waals surface area contributed by atoms with E-state index in [1.807, 2.05) is 0 Å². The molecule has 96 valence electrons. The highest BCUT2D eigenvalue weighted by Crippen LogP contribution is 2.38. The van der Waals surface area contributed by atoms with Gasteiger partial charge in [-0.15, -0.1) is 0 Å². The lowest BCUT2D eigenvalue weighted by Gasteiger charge is -2.04. The van der Waals surface area contributed by atoms with Crippen molar-refractivity contribution < 1.29 is 17.4 Å². The largest absolute Gasteiger partial charge is 0.256 e. The van der Waals surface area contributed by atoms with E-state index in [2.05, 4.69) is 10.3 Å². The molecule has 0 heterocycles. The van der Waals surface area contributed by atoms with E-state index >= 15 is 0 Å². The van der Waals surface area contributed by atoms with Gasteiger partial charge in [-0.25, -0.2) is 27.7 Å². The van der Waals surface area contributed by atoms with Gasteiger partial charge in [-0.2, -0.15) is 0 Å². The Hall–Kier alpha value is -0.630. The number of nitrogens with two attached hydrogens (primary N) is 2. The number of alkyl halides is 2. The van der Waals surface area contributed by atoms with Crippen LogP contribution in [-0.4, -0.2) is 10.1 Å². The Labute approximate surface area is 104 Å². The number of rotatable bonds is 0. The lowest BCUT2D eigenvalue weighted by Crippen LogP contribution is -2.14. The zero-order valence-electron chi connectivity index (χ0n) is 8.55. The molecule has 0 saturated heterocycles. The van der Waals surface area contributed by atoms with Crippen LogP contribution in [0, 0.1) is 5.82 Å². The summed E-state index contributed by atoms with van der Waals surface area (Å²) in [4.78, 5) is 0. The molecule has 0 aromatic heterocycles. The molecule has 0 bridgehead atoms. The predicted molar refractivity (Wildman–Crippen MR) is 60.3 cm³/mol. The van der Waals surface area contributed by atoms with Crippen molar-refractivity contribution in [2.75, 3.05) is 0 Å². The second-order valence-corrected chi connectivity index (χ2v) is 4.63. The molecule has 3 nitrogen and oxygen atoms in total. The second kappa shape index (κ2) is 5.34. The van der Waals surface area contributed by atoms with Crippen LogP contribution in [0.3, 0.4) is 0 Å². The van der Waals surface area contributed by atoms with Gasteiger partial charge in [0.1, 0.15) is 5.82 Å². The van der Waals surface area contributed by atoms with E-state index in [-0.39, 0.29) is 11.4 Å². The summed E-state index contributed by atoms with van der Waals surface area (Å²) < 4.78 is 47.6. The van der Waals surface area contributed by atoms with Crippen molar-refractivity contribution in [3.05, 3.63) is 34.1 Å². The summed E-state index contributed by atoms with van der Waals surface area (Å²) >= 11 is 4.02. The number of fused-ring (bicyclic) bond motifs is 1. The van der Waals surface area contributed by atoms with Crippen LogP contribution in [0.25, 0.3) is 0 Å². The zero-order chi connectivity index (χ0) is 13.2. The molecule has 0 radical (unpaired) electrons. The van der Waals surface area contributed by atoms with E-state index in [0.717, 1.165) is 12.1 Å². The minimum absolute atomic E-state index is 0.104. The lowest BCUT2D eigenvalue weighted by molar-refractivity contribution is 0.0130. The van der Waals surface area contributed by atoms with E-state index in [0.29, 0.717) is 11.1 Å². The lowest BCUT2D eigenvalue weighted by atomic mass is 10.1. The standard InChI is InChI=1S/C9H6ClF3.H4N2OS/c10-8-2-6(11)1-5-3-9(12,13)4-7(5)8;1-4(2)3/h1-2H,3-4H2;1-2H2. The van der Waals surface area contributed by atoms with Crippen LogP contribution in [-0.2, 0) is 24.0 Å². The van der Waals surface area contributed by atoms with Gasteiger partial charge in [-0.1, -0.05) is 11.6 Å². The van der Waals surface area contributed by atoms with Crippen LogP contribution in [0.2, 0.25) is 5.02 Å². The molecule has 1 aliphatic rings. The van der Waals surface area contributed by atoms with Crippen LogP contribution in [0.5, 0.6) is 0 Å². The highest BCUT2D eigenvalue weighted by atomic mass is 35.5. The normalized spacial score (nSPS) is 16.4. The summed E-state index contributed by atoms with van der Waals surface area (Å²) in [6, 6.07) is 2.20. The first-order chi connectivity index (χ1) is 7.71. The molecule has 1 aromatic rings. The summed E-state index contributed by atoms with van der Waals surface area (Å²) in [7, 11) is 0. The Kier molecular flexibility index (Phi) is 4.54. The van der Waals surface area contributed by atoms with Crippen LogP contribution in [0.15, 0.2) is 12.1 Å². The van der Waals surface area contributed by atoms with E-state index in [1.54, 1.807) is 0 Å². The summed E-state index contributed by atoms with van der Waals surface area (Å²) in [5.74, 6) is -3.32. The first kappa shape index (κ1) is 14.4. The van der Waals surface area contributed by atoms with E-state index in [1.165, 1.54) is 0 Å². The molecular weight excluding hydrogens is 277 g/mol. The maximum Gasteiger partial charge on any atom is 0.256 e. The molecule has 1 aromatic carbocycles. The Balaban J connectivity index is 0.000000317. The summed E-state index contributed by atoms with van der Waals surface area (Å²) in [6.45, 7) is 0. The van der Waals surface area contributed by atoms with Gasteiger partial charge in [0.25, 0.3) is 5.92 Å². The molecule has 0 unspecified atom stereocenters. The molecule has 4 N–H and O–H groups in total. The molecule has 8 heteroatoms. The average Bonchev–Trinajstić information content (AvgIpc) is 2.38. The van der Waals surface area contributed by atoms with Crippen molar-refractivity contribution in [3.8, 4) is 0 Å². The maximum atomic E-state index is 12.9. The monoisotopic (exact) mass is 286 g/mol. The van der Waals surface area contributed by atoms with Crippen molar-refractivity contribution in [3.63, 3.8) is 0 Å². The minimum atomic E-state index is -2.76. The molecular formula is C9H10ClF3N2OS. The van der Waals surface area contributed by atoms with Gasteiger partial charge < -0.3 is 0 Å². The third-order valence-electron chi connectivity index (χ3n) is 2.14. The topological polar surface area (TPSA) is 69.1 Å². The van der Waals surface area contributed by atoms with Gasteiger partial charge in [0.2, 0.25) is 0 Å². The molecule has 1 aliphatic carbocycles. The van der Waals surface area contributed by atoms with E-state index < -0.39 is 29.3 Å². The van der Waals surface area contributed by atoms with Crippen molar-refractivity contribution in [2.24, 2.45) is 10.3 Å². The molecule has 0 spiro atoms. The van der Waals surface area contributed by atoms with Crippen LogP contribution < -0.4 is 10.3 Å². The fraction of sp³-hybridized carbons (Fsp3) is 0.333. The maximum absolute atomic E-state index is 12.9. The number of halogens is 4. The quantitative estimate of drug-likeness (QED) is 0.749. The summed E-state index contributed by atoms with van der Waals surface area (Å²) in [5, 5.41) is 8.83. The van der Waals surface area contributed by atoms with Crippen LogP contribution in [0.4, 0.5) is 13.2 Å². The van der Waals surface area contributed by atoms with Gasteiger partial charge >= 0.3 is 0 Å². The fourth-order valence-electron chi connectivity index (χ4n) is 1.61. The van der Waals surface area contributed by atoms with Gasteiger partial charge in [0.15, 0.2) is 11.2 Å². The zero-order valence-corrected chi connectivity index (χ0v) is 10.1. The number of hydrogen-bond donors (Lipinski definition) is 2. The predicted octanol–water partition coefficient (Wildman–Crippen LogP) is 1.70. The summed E-state index contributed by atoms with van der Waals surface area (Å²) in [6.07, 6.45) is -0.777. The third-order valence-corrected chi connectivity index (χ3v) is 2.47. The van der Waals surface area contributed by atoms with Crippen molar-refractivity contribution in [1.82, 2.24) is 0 Å². The molecule has 0 aliphatic heterocycles. The number of hydrogen-bond acceptors (Lipinski definition) is 1. The third kappa shape index (κ3) is 4.27. The highest BCUT2D eigenvalue weighted by Gasteiger charge is 2.38. The number of benzene rings is 1.